The first-order valence-electron chi connectivity index (χ1n) is 4.03. The summed E-state index contributed by atoms with van der Waals surface area (Å²) in [6.07, 6.45) is 1.56. The number of hydrogen-bond acceptors (Lipinski definition) is 4. The van der Waals surface area contributed by atoms with Gasteiger partial charge in [0.2, 0.25) is 0 Å². The standard InChI is InChI=1S/C8H9N3O2S/c1-6-10-14(12,13)7-4-3-5-9-8(7)11(6)2/h3-5H,1-2H3. The van der Waals surface area contributed by atoms with Crippen LogP contribution in [-0.2, 0) is 10.0 Å². The molecule has 5 nitrogen and oxygen atoms in total. The van der Waals surface area contributed by atoms with Gasteiger partial charge in [0, 0.05) is 13.2 Å². The summed E-state index contributed by atoms with van der Waals surface area (Å²) in [4.78, 5) is 5.82. The predicted molar refractivity (Wildman–Crippen MR) is 52.9 cm³/mol. The van der Waals surface area contributed by atoms with Crippen molar-refractivity contribution >= 4 is 21.7 Å². The van der Waals surface area contributed by atoms with Crippen LogP contribution in [0, 0.1) is 0 Å². The highest BCUT2D eigenvalue weighted by Gasteiger charge is 2.27. The molecule has 2 heterocycles. The van der Waals surface area contributed by atoms with Crippen LogP contribution in [0.3, 0.4) is 0 Å². The quantitative estimate of drug-likeness (QED) is 0.631. The van der Waals surface area contributed by atoms with Gasteiger partial charge in [-0.3, -0.25) is 0 Å². The van der Waals surface area contributed by atoms with Gasteiger partial charge in [-0.1, -0.05) is 0 Å². The van der Waals surface area contributed by atoms with E-state index < -0.39 is 10.0 Å². The molecule has 0 N–H and O–H groups in total. The van der Waals surface area contributed by atoms with Crippen LogP contribution < -0.4 is 4.90 Å². The summed E-state index contributed by atoms with van der Waals surface area (Å²) in [5.74, 6) is 0.858. The Morgan fingerprint density at radius 1 is 1.43 bits per heavy atom. The number of nitrogens with zero attached hydrogens (tertiary/aromatic N) is 3. The molecule has 1 aliphatic rings. The van der Waals surface area contributed by atoms with Crippen molar-refractivity contribution in [3.05, 3.63) is 18.3 Å². The van der Waals surface area contributed by atoms with Crippen LogP contribution in [0.4, 0.5) is 5.82 Å². The van der Waals surface area contributed by atoms with Gasteiger partial charge in [-0.05, 0) is 19.1 Å². The molecule has 0 bridgehead atoms. The minimum atomic E-state index is -3.54. The van der Waals surface area contributed by atoms with Crippen LogP contribution in [0.15, 0.2) is 27.6 Å². The number of hydrogen-bond donors (Lipinski definition) is 0. The number of anilines is 1. The lowest BCUT2D eigenvalue weighted by Crippen LogP contribution is -2.30. The van der Waals surface area contributed by atoms with Crippen molar-refractivity contribution in [1.29, 1.82) is 0 Å². The molecule has 0 saturated carbocycles. The summed E-state index contributed by atoms with van der Waals surface area (Å²) in [6, 6.07) is 3.09. The molecule has 74 valence electrons. The Morgan fingerprint density at radius 3 is 2.86 bits per heavy atom. The van der Waals surface area contributed by atoms with Gasteiger partial charge < -0.3 is 4.90 Å². The van der Waals surface area contributed by atoms with Crippen molar-refractivity contribution in [3.63, 3.8) is 0 Å². The number of aromatic nitrogens is 1. The van der Waals surface area contributed by atoms with Gasteiger partial charge in [0.25, 0.3) is 10.0 Å². The molecule has 0 aromatic carbocycles. The van der Waals surface area contributed by atoms with Gasteiger partial charge in [-0.15, -0.1) is 4.40 Å². The number of pyridine rings is 1. The molecule has 0 spiro atoms. The van der Waals surface area contributed by atoms with Gasteiger partial charge in [0.15, 0.2) is 5.82 Å². The highest BCUT2D eigenvalue weighted by Crippen LogP contribution is 2.27. The first kappa shape index (κ1) is 9.14. The van der Waals surface area contributed by atoms with E-state index in [0.29, 0.717) is 11.7 Å². The first-order chi connectivity index (χ1) is 6.52. The summed E-state index contributed by atoms with van der Waals surface area (Å²) in [5, 5.41) is 0. The van der Waals surface area contributed by atoms with E-state index in [-0.39, 0.29) is 4.90 Å². The molecule has 1 aromatic heterocycles. The summed E-state index contributed by atoms with van der Waals surface area (Å²) in [7, 11) is -1.80. The average Bonchev–Trinajstić information content (AvgIpc) is 2.14. The Balaban J connectivity index is 2.77. The lowest BCUT2D eigenvalue weighted by molar-refractivity contribution is 0.596. The normalized spacial score (nSPS) is 18.7. The van der Waals surface area contributed by atoms with E-state index in [0.717, 1.165) is 0 Å². The van der Waals surface area contributed by atoms with Gasteiger partial charge in [0.05, 0.1) is 0 Å². The van der Waals surface area contributed by atoms with E-state index >= 15 is 0 Å². The molecular formula is C8H9N3O2S. The van der Waals surface area contributed by atoms with Gasteiger partial charge in [0.1, 0.15) is 10.7 Å². The summed E-state index contributed by atoms with van der Waals surface area (Å²) < 4.78 is 26.8. The largest absolute Gasteiger partial charge is 0.316 e. The highest BCUT2D eigenvalue weighted by molar-refractivity contribution is 7.90. The van der Waals surface area contributed by atoms with Crippen molar-refractivity contribution in [2.45, 2.75) is 11.8 Å². The Hall–Kier alpha value is -1.43. The van der Waals surface area contributed by atoms with E-state index in [9.17, 15) is 8.42 Å². The van der Waals surface area contributed by atoms with E-state index in [2.05, 4.69) is 9.38 Å². The Morgan fingerprint density at radius 2 is 2.14 bits per heavy atom. The molecule has 1 aliphatic heterocycles. The molecule has 0 amide bonds. The minimum Gasteiger partial charge on any atom is -0.316 e. The first-order valence-corrected chi connectivity index (χ1v) is 5.47. The van der Waals surface area contributed by atoms with Gasteiger partial charge >= 0.3 is 0 Å². The summed E-state index contributed by atoms with van der Waals surface area (Å²) in [5.41, 5.74) is 0. The average molecular weight is 211 g/mol. The Labute approximate surface area is 82.2 Å². The van der Waals surface area contributed by atoms with Gasteiger partial charge in [-0.2, -0.15) is 8.42 Å². The van der Waals surface area contributed by atoms with Crippen molar-refractivity contribution < 1.29 is 8.42 Å². The smallest absolute Gasteiger partial charge is 0.287 e. The van der Waals surface area contributed by atoms with Crippen LogP contribution in [0.5, 0.6) is 0 Å². The predicted octanol–water partition coefficient (Wildman–Crippen LogP) is 0.639. The van der Waals surface area contributed by atoms with Crippen molar-refractivity contribution in [1.82, 2.24) is 4.98 Å². The Bertz CT molecular complexity index is 507. The Kier molecular flexibility index (Phi) is 1.81. The fourth-order valence-electron chi connectivity index (χ4n) is 1.27. The lowest BCUT2D eigenvalue weighted by Gasteiger charge is -2.23. The van der Waals surface area contributed by atoms with E-state index in [1.165, 1.54) is 6.07 Å². The molecule has 14 heavy (non-hydrogen) atoms. The van der Waals surface area contributed by atoms with Gasteiger partial charge in [-0.25, -0.2) is 4.98 Å². The third-order valence-electron chi connectivity index (χ3n) is 2.08. The molecule has 1 aromatic rings. The molecule has 0 unspecified atom stereocenters. The van der Waals surface area contributed by atoms with Crippen LogP contribution in [0.25, 0.3) is 0 Å². The van der Waals surface area contributed by atoms with Crippen molar-refractivity contribution in [3.8, 4) is 0 Å². The number of sulfonamides is 1. The second-order valence-corrected chi connectivity index (χ2v) is 4.57. The zero-order valence-corrected chi connectivity index (χ0v) is 8.61. The van der Waals surface area contributed by atoms with Crippen molar-refractivity contribution in [2.75, 3.05) is 11.9 Å². The maximum Gasteiger partial charge on any atom is 0.287 e. The van der Waals surface area contributed by atoms with E-state index in [1.54, 1.807) is 31.1 Å². The third-order valence-corrected chi connectivity index (χ3v) is 3.46. The van der Waals surface area contributed by atoms with Crippen LogP contribution in [0.1, 0.15) is 6.92 Å². The fourth-order valence-corrected chi connectivity index (χ4v) is 2.51. The van der Waals surface area contributed by atoms with Crippen LogP contribution >= 0.6 is 0 Å². The number of rotatable bonds is 0. The van der Waals surface area contributed by atoms with E-state index in [4.69, 9.17) is 0 Å². The highest BCUT2D eigenvalue weighted by atomic mass is 32.2. The zero-order valence-electron chi connectivity index (χ0n) is 7.80. The second-order valence-electron chi connectivity index (χ2n) is 3.00. The molecule has 0 aliphatic carbocycles. The number of amidine groups is 1. The minimum absolute atomic E-state index is 0.160. The maximum atomic E-state index is 11.6. The van der Waals surface area contributed by atoms with Crippen molar-refractivity contribution in [2.24, 2.45) is 4.40 Å². The molecule has 0 radical (unpaired) electrons. The van der Waals surface area contributed by atoms with Crippen LogP contribution in [0.2, 0.25) is 0 Å². The third kappa shape index (κ3) is 1.19. The second kappa shape index (κ2) is 2.78. The molecular weight excluding hydrogens is 202 g/mol. The maximum absolute atomic E-state index is 11.6. The molecule has 6 heteroatoms. The van der Waals surface area contributed by atoms with Crippen LogP contribution in [-0.4, -0.2) is 26.3 Å². The molecule has 0 fully saturated rings. The topological polar surface area (TPSA) is 62.6 Å². The molecule has 0 saturated heterocycles. The number of fused-ring (bicyclic) bond motifs is 1. The van der Waals surface area contributed by atoms with E-state index in [1.807, 2.05) is 0 Å². The lowest BCUT2D eigenvalue weighted by atomic mass is 10.4. The molecule has 2 rings (SSSR count). The zero-order chi connectivity index (χ0) is 10.3. The monoisotopic (exact) mass is 211 g/mol. The summed E-state index contributed by atoms with van der Waals surface area (Å²) >= 11 is 0. The molecule has 0 atom stereocenters. The fraction of sp³-hybridized carbons (Fsp3) is 0.250. The SMILES string of the molecule is CC1=NS(=O)(=O)c2cccnc2N1C. The summed E-state index contributed by atoms with van der Waals surface area (Å²) in [6.45, 7) is 1.63.